The summed E-state index contributed by atoms with van der Waals surface area (Å²) < 4.78 is 5.64. The quantitative estimate of drug-likeness (QED) is 0.340. The first-order valence-corrected chi connectivity index (χ1v) is 13.4. The molecule has 3 N–H and O–H groups in total. The van der Waals surface area contributed by atoms with Crippen molar-refractivity contribution in [1.82, 2.24) is 20.3 Å². The average Bonchev–Trinajstić information content (AvgIpc) is 3.35. The zero-order valence-corrected chi connectivity index (χ0v) is 22.9. The number of carbonyl (C=O) groups excluding carboxylic acids is 2. The Kier molecular flexibility index (Phi) is 8.57. The second kappa shape index (κ2) is 11.7. The normalized spacial score (nSPS) is 16.3. The highest BCUT2D eigenvalue weighted by Crippen LogP contribution is 2.39. The Hall–Kier alpha value is -3.17. The fourth-order valence-corrected chi connectivity index (χ4v) is 5.15. The Bertz CT molecular complexity index is 1250. The van der Waals surface area contributed by atoms with Crippen LogP contribution in [0, 0.1) is 5.41 Å². The Morgan fingerprint density at radius 1 is 1.18 bits per heavy atom. The maximum absolute atomic E-state index is 14.0. The number of carbonyl (C=O) groups is 2. The standard InChI is InChI=1S/C28H36ClN5O4/c1-27(2,3)38-23(36)17-28(26(37)33-22(5-4-16-35)19-6-8-20(29)9-7-19)11-14-34(15-12-28)25-21-10-13-30-24(21)31-18-32-25/h6-10,13,18,22,35H,4-5,11-12,14-17H2,1-3H3,(H,33,37)(H,30,31,32). The van der Waals surface area contributed by atoms with Gasteiger partial charge in [-0.25, -0.2) is 9.97 Å². The van der Waals surface area contributed by atoms with E-state index in [1.54, 1.807) is 12.1 Å². The number of ether oxygens (including phenoxy) is 1. The van der Waals surface area contributed by atoms with Gasteiger partial charge >= 0.3 is 5.97 Å². The van der Waals surface area contributed by atoms with Crippen molar-refractivity contribution in [3.8, 4) is 0 Å². The molecule has 204 valence electrons. The summed E-state index contributed by atoms with van der Waals surface area (Å²) in [6.07, 6.45) is 5.35. The lowest BCUT2D eigenvalue weighted by Crippen LogP contribution is -2.51. The smallest absolute Gasteiger partial charge is 0.307 e. The number of nitrogens with one attached hydrogen (secondary N) is 2. The molecule has 0 spiro atoms. The Morgan fingerprint density at radius 3 is 2.55 bits per heavy atom. The summed E-state index contributed by atoms with van der Waals surface area (Å²) in [5.74, 6) is 0.231. The maximum Gasteiger partial charge on any atom is 0.307 e. The van der Waals surface area contributed by atoms with Crippen molar-refractivity contribution >= 4 is 40.3 Å². The highest BCUT2D eigenvalue weighted by Gasteiger charge is 2.45. The molecule has 1 aliphatic heterocycles. The van der Waals surface area contributed by atoms with E-state index in [4.69, 9.17) is 16.3 Å². The molecule has 2 aromatic heterocycles. The molecule has 3 heterocycles. The lowest BCUT2D eigenvalue weighted by molar-refractivity contribution is -0.161. The predicted molar refractivity (Wildman–Crippen MR) is 147 cm³/mol. The predicted octanol–water partition coefficient (Wildman–Crippen LogP) is 4.56. The van der Waals surface area contributed by atoms with E-state index >= 15 is 0 Å². The third kappa shape index (κ3) is 6.63. The van der Waals surface area contributed by atoms with Crippen LogP contribution in [0.1, 0.15) is 64.5 Å². The number of aromatic nitrogens is 3. The summed E-state index contributed by atoms with van der Waals surface area (Å²) in [5.41, 5.74) is 0.0703. The largest absolute Gasteiger partial charge is 0.460 e. The van der Waals surface area contributed by atoms with Gasteiger partial charge in [-0.3, -0.25) is 9.59 Å². The van der Waals surface area contributed by atoms with Gasteiger partial charge in [-0.05, 0) is 70.2 Å². The van der Waals surface area contributed by atoms with E-state index in [0.717, 1.165) is 22.4 Å². The maximum atomic E-state index is 14.0. The van der Waals surface area contributed by atoms with Gasteiger partial charge in [0.05, 0.1) is 23.3 Å². The number of halogens is 1. The van der Waals surface area contributed by atoms with Crippen LogP contribution < -0.4 is 10.2 Å². The van der Waals surface area contributed by atoms with E-state index < -0.39 is 17.0 Å². The number of fused-ring (bicyclic) bond motifs is 1. The van der Waals surface area contributed by atoms with Gasteiger partial charge in [-0.2, -0.15) is 0 Å². The molecule has 0 bridgehead atoms. The molecular formula is C28H36ClN5O4. The number of aromatic amines is 1. The number of aliphatic hydroxyl groups is 1. The van der Waals surface area contributed by atoms with Crippen molar-refractivity contribution in [2.75, 3.05) is 24.6 Å². The molecule has 1 aromatic carbocycles. The van der Waals surface area contributed by atoms with Crippen molar-refractivity contribution in [3.63, 3.8) is 0 Å². The molecule has 3 aromatic rings. The number of piperidine rings is 1. The van der Waals surface area contributed by atoms with E-state index in [0.29, 0.717) is 43.8 Å². The zero-order chi connectivity index (χ0) is 27.3. The van der Waals surface area contributed by atoms with Gasteiger partial charge in [0.1, 0.15) is 23.4 Å². The molecule has 0 aliphatic carbocycles. The van der Waals surface area contributed by atoms with Crippen LogP contribution in [0.15, 0.2) is 42.9 Å². The minimum absolute atomic E-state index is 0.0133. The molecule has 1 saturated heterocycles. The molecule has 1 unspecified atom stereocenters. The van der Waals surface area contributed by atoms with Crippen molar-refractivity contribution in [2.24, 2.45) is 5.41 Å². The van der Waals surface area contributed by atoms with E-state index in [1.165, 1.54) is 6.33 Å². The van der Waals surface area contributed by atoms with Crippen molar-refractivity contribution in [3.05, 3.63) is 53.4 Å². The number of esters is 1. The topological polar surface area (TPSA) is 120 Å². The van der Waals surface area contributed by atoms with Crippen LogP contribution in [0.3, 0.4) is 0 Å². The molecule has 9 nitrogen and oxygen atoms in total. The van der Waals surface area contributed by atoms with Crippen LogP contribution in [0.4, 0.5) is 5.82 Å². The van der Waals surface area contributed by atoms with Crippen LogP contribution in [-0.2, 0) is 14.3 Å². The Morgan fingerprint density at radius 2 is 1.89 bits per heavy atom. The summed E-state index contributed by atoms with van der Waals surface area (Å²) in [7, 11) is 0. The molecule has 1 fully saturated rings. The molecular weight excluding hydrogens is 506 g/mol. The number of hydrogen-bond acceptors (Lipinski definition) is 7. The number of amides is 1. The first kappa shape index (κ1) is 27.9. The molecule has 38 heavy (non-hydrogen) atoms. The average molecular weight is 542 g/mol. The number of nitrogens with zero attached hydrogens (tertiary/aromatic N) is 3. The van der Waals surface area contributed by atoms with Gasteiger partial charge in [0.25, 0.3) is 0 Å². The van der Waals surface area contributed by atoms with Gasteiger partial charge in [0, 0.05) is 30.9 Å². The monoisotopic (exact) mass is 541 g/mol. The van der Waals surface area contributed by atoms with Gasteiger partial charge in [0.2, 0.25) is 5.91 Å². The number of anilines is 1. The van der Waals surface area contributed by atoms with Crippen molar-refractivity contribution in [1.29, 1.82) is 0 Å². The number of benzene rings is 1. The SMILES string of the molecule is CC(C)(C)OC(=O)CC1(C(=O)NC(CCCO)c2ccc(Cl)cc2)CCN(c2ncnc3[nH]ccc23)CC1. The lowest BCUT2D eigenvalue weighted by Gasteiger charge is -2.41. The fraction of sp³-hybridized carbons (Fsp3) is 0.500. The molecule has 1 aliphatic rings. The fourth-order valence-electron chi connectivity index (χ4n) is 5.02. The minimum atomic E-state index is -0.937. The van der Waals surface area contributed by atoms with Gasteiger partial charge in [0.15, 0.2) is 0 Å². The van der Waals surface area contributed by atoms with Crippen LogP contribution >= 0.6 is 11.6 Å². The van der Waals surface area contributed by atoms with Gasteiger partial charge < -0.3 is 25.0 Å². The first-order chi connectivity index (χ1) is 18.1. The molecule has 0 radical (unpaired) electrons. The van der Waals surface area contributed by atoms with Gasteiger partial charge in [-0.15, -0.1) is 0 Å². The first-order valence-electron chi connectivity index (χ1n) is 13.0. The third-order valence-electron chi connectivity index (χ3n) is 6.97. The second-order valence-electron chi connectivity index (χ2n) is 10.9. The molecule has 1 atom stereocenters. The van der Waals surface area contributed by atoms with Crippen molar-refractivity contribution in [2.45, 2.75) is 64.5 Å². The molecule has 0 saturated carbocycles. The molecule has 1 amide bonds. The van der Waals surface area contributed by atoms with E-state index in [9.17, 15) is 14.7 Å². The zero-order valence-electron chi connectivity index (χ0n) is 22.2. The summed E-state index contributed by atoms with van der Waals surface area (Å²) >= 11 is 6.08. The van der Waals surface area contributed by atoms with Crippen molar-refractivity contribution < 1.29 is 19.4 Å². The number of hydrogen-bond donors (Lipinski definition) is 3. The summed E-state index contributed by atoms with van der Waals surface area (Å²) in [6, 6.07) is 8.95. The summed E-state index contributed by atoms with van der Waals surface area (Å²) in [4.78, 5) is 41.0. The number of rotatable bonds is 9. The highest BCUT2D eigenvalue weighted by molar-refractivity contribution is 6.30. The highest BCUT2D eigenvalue weighted by atomic mass is 35.5. The third-order valence-corrected chi connectivity index (χ3v) is 7.22. The van der Waals surface area contributed by atoms with Crippen LogP contribution in [0.25, 0.3) is 11.0 Å². The van der Waals surface area contributed by atoms with E-state index in [2.05, 4.69) is 25.2 Å². The van der Waals surface area contributed by atoms with Gasteiger partial charge in [-0.1, -0.05) is 23.7 Å². The van der Waals surface area contributed by atoms with E-state index in [1.807, 2.05) is 45.2 Å². The summed E-state index contributed by atoms with van der Waals surface area (Å²) in [6.45, 7) is 6.59. The molecule has 4 rings (SSSR count). The van der Waals surface area contributed by atoms with Crippen LogP contribution in [0.5, 0.6) is 0 Å². The Labute approximate surface area is 227 Å². The number of H-pyrrole nitrogens is 1. The van der Waals surface area contributed by atoms with Crippen LogP contribution in [-0.4, -0.2) is 57.2 Å². The van der Waals surface area contributed by atoms with Crippen LogP contribution in [0.2, 0.25) is 5.02 Å². The lowest BCUT2D eigenvalue weighted by atomic mass is 9.74. The summed E-state index contributed by atoms with van der Waals surface area (Å²) in [5, 5.41) is 14.2. The minimum Gasteiger partial charge on any atom is -0.460 e. The second-order valence-corrected chi connectivity index (χ2v) is 11.3. The molecule has 10 heteroatoms. The number of aliphatic hydroxyl groups excluding tert-OH is 1. The Balaban J connectivity index is 1.57. The van der Waals surface area contributed by atoms with E-state index in [-0.39, 0.29) is 25.0 Å².